The highest BCUT2D eigenvalue weighted by atomic mass is 15.2. The second-order valence-corrected chi connectivity index (χ2v) is 8.87. The van der Waals surface area contributed by atoms with E-state index in [-0.39, 0.29) is 0 Å². The molecule has 2 atom stereocenters. The summed E-state index contributed by atoms with van der Waals surface area (Å²) in [5, 5.41) is 7.15. The van der Waals surface area contributed by atoms with Gasteiger partial charge in [0.1, 0.15) is 0 Å². The predicted octanol–water partition coefficient (Wildman–Crippen LogP) is 3.86. The van der Waals surface area contributed by atoms with E-state index in [2.05, 4.69) is 103 Å². The lowest BCUT2D eigenvalue weighted by atomic mass is 9.97. The highest BCUT2D eigenvalue weighted by molar-refractivity contribution is 5.80. The SMILES string of the molecule is CCNC(=NCc1ccccc1CN(C)C)NC1CCN(Cc2ccccc2)C(C)C1. The lowest BCUT2D eigenvalue weighted by Gasteiger charge is -2.38. The Balaban J connectivity index is 1.58. The first-order valence-electron chi connectivity index (χ1n) is 11.6. The highest BCUT2D eigenvalue weighted by Crippen LogP contribution is 2.20. The number of benzene rings is 2. The first kappa shape index (κ1) is 23.3. The van der Waals surface area contributed by atoms with Crippen molar-refractivity contribution in [1.29, 1.82) is 0 Å². The third-order valence-electron chi connectivity index (χ3n) is 5.94. The molecule has 0 aliphatic carbocycles. The minimum Gasteiger partial charge on any atom is -0.357 e. The van der Waals surface area contributed by atoms with E-state index < -0.39 is 0 Å². The standard InChI is InChI=1S/C26H39N5/c1-5-27-26(28-18-23-13-9-10-14-24(23)20-30(3)4)29-25-15-16-31(21(2)17-25)19-22-11-7-6-8-12-22/h6-14,21,25H,5,15-20H2,1-4H3,(H2,27,28,29). The van der Waals surface area contributed by atoms with Gasteiger partial charge in [-0.3, -0.25) is 4.90 Å². The third kappa shape index (κ3) is 7.37. The first-order chi connectivity index (χ1) is 15.0. The highest BCUT2D eigenvalue weighted by Gasteiger charge is 2.26. The normalized spacial score (nSPS) is 20.1. The zero-order valence-corrected chi connectivity index (χ0v) is 19.6. The van der Waals surface area contributed by atoms with Crippen molar-refractivity contribution < 1.29 is 0 Å². The molecule has 1 saturated heterocycles. The molecule has 1 fully saturated rings. The van der Waals surface area contributed by atoms with E-state index >= 15 is 0 Å². The van der Waals surface area contributed by atoms with Gasteiger partial charge in [0.15, 0.2) is 5.96 Å². The lowest BCUT2D eigenvalue weighted by molar-refractivity contribution is 0.134. The van der Waals surface area contributed by atoms with E-state index in [4.69, 9.17) is 4.99 Å². The van der Waals surface area contributed by atoms with Crippen LogP contribution in [0.15, 0.2) is 59.6 Å². The van der Waals surface area contributed by atoms with E-state index in [1.807, 2.05) is 0 Å². The maximum atomic E-state index is 4.92. The Morgan fingerprint density at radius 3 is 2.45 bits per heavy atom. The summed E-state index contributed by atoms with van der Waals surface area (Å²) in [5.74, 6) is 0.927. The van der Waals surface area contributed by atoms with Crippen LogP contribution < -0.4 is 10.6 Å². The Hall–Kier alpha value is -2.37. The van der Waals surface area contributed by atoms with Gasteiger partial charge in [-0.05, 0) is 57.5 Å². The molecule has 0 radical (unpaired) electrons. The Morgan fingerprint density at radius 1 is 1.06 bits per heavy atom. The number of piperidine rings is 1. The topological polar surface area (TPSA) is 42.9 Å². The molecule has 5 nitrogen and oxygen atoms in total. The van der Waals surface area contributed by atoms with Crippen molar-refractivity contribution in [2.24, 2.45) is 4.99 Å². The molecule has 2 N–H and O–H groups in total. The zero-order chi connectivity index (χ0) is 22.1. The van der Waals surface area contributed by atoms with Crippen LogP contribution in [0.3, 0.4) is 0 Å². The number of guanidine groups is 1. The Morgan fingerprint density at radius 2 is 1.77 bits per heavy atom. The van der Waals surface area contributed by atoms with Crippen molar-refractivity contribution in [1.82, 2.24) is 20.4 Å². The molecule has 2 aromatic carbocycles. The van der Waals surface area contributed by atoms with E-state index in [0.717, 1.165) is 45.0 Å². The molecule has 5 heteroatoms. The fourth-order valence-corrected chi connectivity index (χ4v) is 4.29. The van der Waals surface area contributed by atoms with Gasteiger partial charge in [-0.25, -0.2) is 4.99 Å². The molecule has 0 bridgehead atoms. The second-order valence-electron chi connectivity index (χ2n) is 8.87. The van der Waals surface area contributed by atoms with Crippen LogP contribution in [0, 0.1) is 0 Å². The molecule has 31 heavy (non-hydrogen) atoms. The summed E-state index contributed by atoms with van der Waals surface area (Å²) in [5.41, 5.74) is 4.03. The number of hydrogen-bond acceptors (Lipinski definition) is 3. The maximum Gasteiger partial charge on any atom is 0.191 e. The molecule has 2 unspecified atom stereocenters. The molecule has 1 aliphatic heterocycles. The monoisotopic (exact) mass is 421 g/mol. The minimum atomic E-state index is 0.455. The molecule has 0 aromatic heterocycles. The molecule has 1 heterocycles. The summed E-state index contributed by atoms with van der Waals surface area (Å²) in [4.78, 5) is 9.72. The van der Waals surface area contributed by atoms with Crippen molar-refractivity contribution in [3.8, 4) is 0 Å². The van der Waals surface area contributed by atoms with Gasteiger partial charge in [-0.2, -0.15) is 0 Å². The summed E-state index contributed by atoms with van der Waals surface area (Å²) >= 11 is 0. The van der Waals surface area contributed by atoms with Crippen molar-refractivity contribution in [2.75, 3.05) is 27.2 Å². The van der Waals surface area contributed by atoms with Crippen LogP contribution in [0.25, 0.3) is 0 Å². The smallest absolute Gasteiger partial charge is 0.191 e. The van der Waals surface area contributed by atoms with Crippen molar-refractivity contribution in [3.63, 3.8) is 0 Å². The summed E-state index contributed by atoms with van der Waals surface area (Å²) in [6, 6.07) is 20.4. The zero-order valence-electron chi connectivity index (χ0n) is 19.6. The Bertz CT molecular complexity index is 818. The van der Waals surface area contributed by atoms with Gasteiger partial charge in [0, 0.05) is 38.3 Å². The second kappa shape index (κ2) is 11.9. The Kier molecular flexibility index (Phi) is 8.92. The number of hydrogen-bond donors (Lipinski definition) is 2. The minimum absolute atomic E-state index is 0.455. The van der Waals surface area contributed by atoms with Gasteiger partial charge < -0.3 is 15.5 Å². The van der Waals surface area contributed by atoms with E-state index in [1.165, 1.54) is 16.7 Å². The molecule has 3 rings (SSSR count). The van der Waals surface area contributed by atoms with Crippen molar-refractivity contribution in [3.05, 3.63) is 71.3 Å². The fraction of sp³-hybridized carbons (Fsp3) is 0.500. The van der Waals surface area contributed by atoms with Crippen LogP contribution in [-0.4, -0.2) is 55.0 Å². The molecule has 0 amide bonds. The van der Waals surface area contributed by atoms with Crippen molar-refractivity contribution in [2.45, 2.75) is 58.4 Å². The number of rotatable bonds is 8. The number of likely N-dealkylation sites (tertiary alicyclic amines) is 1. The van der Waals surface area contributed by atoms with Crippen LogP contribution in [0.5, 0.6) is 0 Å². The summed E-state index contributed by atoms with van der Waals surface area (Å²) in [6.45, 7) is 9.12. The van der Waals surface area contributed by atoms with Gasteiger partial charge in [0.2, 0.25) is 0 Å². The third-order valence-corrected chi connectivity index (χ3v) is 5.94. The average molecular weight is 422 g/mol. The molecular weight excluding hydrogens is 382 g/mol. The molecule has 0 spiro atoms. The van der Waals surface area contributed by atoms with E-state index in [1.54, 1.807) is 0 Å². The molecule has 168 valence electrons. The van der Waals surface area contributed by atoms with Crippen molar-refractivity contribution >= 4 is 5.96 Å². The molecule has 1 aliphatic rings. The molecule has 0 saturated carbocycles. The Labute approximate surface area is 188 Å². The predicted molar refractivity (Wildman–Crippen MR) is 131 cm³/mol. The average Bonchev–Trinajstić information content (AvgIpc) is 2.75. The van der Waals surface area contributed by atoms with Gasteiger partial charge in [-0.1, -0.05) is 54.6 Å². The summed E-state index contributed by atoms with van der Waals surface area (Å²) in [6.07, 6.45) is 2.27. The van der Waals surface area contributed by atoms with Crippen LogP contribution >= 0.6 is 0 Å². The van der Waals surface area contributed by atoms with Gasteiger partial charge >= 0.3 is 0 Å². The maximum absolute atomic E-state index is 4.92. The van der Waals surface area contributed by atoms with Gasteiger partial charge in [-0.15, -0.1) is 0 Å². The van der Waals surface area contributed by atoms with E-state index in [9.17, 15) is 0 Å². The summed E-state index contributed by atoms with van der Waals surface area (Å²) in [7, 11) is 4.22. The lowest BCUT2D eigenvalue weighted by Crippen LogP contribution is -2.51. The van der Waals surface area contributed by atoms with Gasteiger partial charge in [0.05, 0.1) is 6.54 Å². The van der Waals surface area contributed by atoms with Gasteiger partial charge in [0.25, 0.3) is 0 Å². The summed E-state index contributed by atoms with van der Waals surface area (Å²) < 4.78 is 0. The fourth-order valence-electron chi connectivity index (χ4n) is 4.29. The van der Waals surface area contributed by atoms with Crippen LogP contribution in [0.1, 0.15) is 43.4 Å². The van der Waals surface area contributed by atoms with E-state index in [0.29, 0.717) is 18.6 Å². The first-order valence-corrected chi connectivity index (χ1v) is 11.6. The molecular formula is C26H39N5. The van der Waals surface area contributed by atoms with Crippen LogP contribution in [-0.2, 0) is 19.6 Å². The van der Waals surface area contributed by atoms with Crippen LogP contribution in [0.2, 0.25) is 0 Å². The number of nitrogens with zero attached hydrogens (tertiary/aromatic N) is 3. The van der Waals surface area contributed by atoms with Crippen LogP contribution in [0.4, 0.5) is 0 Å². The molecule has 2 aromatic rings. The number of nitrogens with one attached hydrogen (secondary N) is 2. The number of aliphatic imine (C=N–C) groups is 1. The largest absolute Gasteiger partial charge is 0.357 e. The quantitative estimate of drug-likeness (QED) is 0.502.